The largest absolute Gasteiger partial charge is 0.235 e. The Kier molecular flexibility index (Phi) is 4.34. The predicted molar refractivity (Wildman–Crippen MR) is 92.5 cm³/mol. The Morgan fingerprint density at radius 1 is 1.09 bits per heavy atom. The molecule has 4 heteroatoms. The van der Waals surface area contributed by atoms with Gasteiger partial charge in [-0.2, -0.15) is 5.26 Å². The van der Waals surface area contributed by atoms with Crippen LogP contribution in [0, 0.1) is 11.3 Å². The first kappa shape index (κ1) is 14.5. The number of hydrogen-bond acceptors (Lipinski definition) is 3. The molecule has 1 aromatic heterocycles. The molecule has 22 heavy (non-hydrogen) atoms. The number of aromatic nitrogens is 1. The maximum atomic E-state index is 9.42. The van der Waals surface area contributed by atoms with Gasteiger partial charge in [0.05, 0.1) is 11.3 Å². The number of thiazole rings is 1. The second-order valence-electron chi connectivity index (χ2n) is 4.60. The lowest BCUT2D eigenvalue weighted by atomic mass is 10.1. The Bertz CT molecular complexity index is 860. The number of allylic oxidation sites excluding steroid dienone is 1. The second kappa shape index (κ2) is 6.57. The zero-order valence-corrected chi connectivity index (χ0v) is 13.1. The summed E-state index contributed by atoms with van der Waals surface area (Å²) in [4.78, 5) is 4.56. The molecule has 2 aromatic carbocycles. The molecule has 0 atom stereocenters. The fraction of sp³-hybridized carbons (Fsp3) is 0. The Morgan fingerprint density at radius 2 is 1.82 bits per heavy atom. The Labute approximate surface area is 138 Å². The molecule has 0 spiro atoms. The molecular weight excluding hydrogens is 312 g/mol. The third-order valence-corrected chi connectivity index (χ3v) is 4.35. The maximum Gasteiger partial charge on any atom is 0.134 e. The highest BCUT2D eigenvalue weighted by molar-refractivity contribution is 7.11. The summed E-state index contributed by atoms with van der Waals surface area (Å²) in [5.41, 5.74) is 3.25. The average Bonchev–Trinajstić information content (AvgIpc) is 3.05. The van der Waals surface area contributed by atoms with Gasteiger partial charge in [0.15, 0.2) is 0 Å². The molecule has 0 radical (unpaired) electrons. The van der Waals surface area contributed by atoms with E-state index in [9.17, 15) is 5.26 Å². The number of nitriles is 1. The summed E-state index contributed by atoms with van der Waals surface area (Å²) in [7, 11) is 0. The van der Waals surface area contributed by atoms with Crippen LogP contribution in [0.3, 0.4) is 0 Å². The third kappa shape index (κ3) is 3.09. The normalized spacial score (nSPS) is 11.2. The van der Waals surface area contributed by atoms with Gasteiger partial charge in [0.25, 0.3) is 0 Å². The van der Waals surface area contributed by atoms with E-state index in [2.05, 4.69) is 11.1 Å². The fourth-order valence-corrected chi connectivity index (χ4v) is 3.01. The first-order valence-electron chi connectivity index (χ1n) is 6.65. The van der Waals surface area contributed by atoms with Crippen molar-refractivity contribution in [3.05, 3.63) is 75.6 Å². The van der Waals surface area contributed by atoms with Crippen molar-refractivity contribution in [3.63, 3.8) is 0 Å². The van der Waals surface area contributed by atoms with E-state index in [1.54, 1.807) is 12.1 Å². The van der Waals surface area contributed by atoms with Crippen LogP contribution in [0.1, 0.15) is 10.6 Å². The van der Waals surface area contributed by atoms with Crippen LogP contribution < -0.4 is 0 Å². The van der Waals surface area contributed by atoms with Gasteiger partial charge in [0.2, 0.25) is 0 Å². The zero-order valence-electron chi connectivity index (χ0n) is 11.5. The van der Waals surface area contributed by atoms with Gasteiger partial charge in [-0.25, -0.2) is 4.98 Å². The van der Waals surface area contributed by atoms with Crippen molar-refractivity contribution >= 4 is 34.6 Å². The minimum absolute atomic E-state index is 0.514. The molecule has 106 valence electrons. The van der Waals surface area contributed by atoms with E-state index in [-0.39, 0.29) is 0 Å². The van der Waals surface area contributed by atoms with Gasteiger partial charge in [0.1, 0.15) is 11.1 Å². The highest BCUT2D eigenvalue weighted by Crippen LogP contribution is 2.28. The minimum atomic E-state index is 0.514. The van der Waals surface area contributed by atoms with Gasteiger partial charge < -0.3 is 0 Å². The molecule has 1 heterocycles. The van der Waals surface area contributed by atoms with E-state index in [0.29, 0.717) is 15.6 Å². The van der Waals surface area contributed by atoms with Crippen LogP contribution in [-0.4, -0.2) is 4.98 Å². The lowest BCUT2D eigenvalue weighted by Gasteiger charge is -1.98. The van der Waals surface area contributed by atoms with Crippen LogP contribution in [0.4, 0.5) is 0 Å². The van der Waals surface area contributed by atoms with Gasteiger partial charge in [-0.3, -0.25) is 0 Å². The van der Waals surface area contributed by atoms with Crippen LogP contribution in [0.2, 0.25) is 5.02 Å². The van der Waals surface area contributed by atoms with Crippen molar-refractivity contribution in [2.45, 2.75) is 0 Å². The quantitative estimate of drug-likeness (QED) is 0.595. The van der Waals surface area contributed by atoms with E-state index in [1.165, 1.54) is 11.3 Å². The molecule has 0 aliphatic carbocycles. The molecule has 2 nitrogen and oxygen atoms in total. The number of benzene rings is 2. The summed E-state index contributed by atoms with van der Waals surface area (Å²) >= 11 is 7.60. The van der Waals surface area contributed by atoms with Crippen molar-refractivity contribution in [2.75, 3.05) is 0 Å². The van der Waals surface area contributed by atoms with Crippen LogP contribution in [0.25, 0.3) is 22.9 Å². The van der Waals surface area contributed by atoms with E-state index in [1.807, 2.05) is 53.9 Å². The SMILES string of the molecule is N#CC(=Cc1ccccc1Cl)c1nc(-c2ccccc2)cs1. The lowest BCUT2D eigenvalue weighted by molar-refractivity contribution is 1.37. The molecule has 0 saturated carbocycles. The van der Waals surface area contributed by atoms with Crippen molar-refractivity contribution in [3.8, 4) is 17.3 Å². The Morgan fingerprint density at radius 3 is 2.55 bits per heavy atom. The molecule has 0 bridgehead atoms. The van der Waals surface area contributed by atoms with Crippen molar-refractivity contribution in [2.24, 2.45) is 0 Å². The smallest absolute Gasteiger partial charge is 0.134 e. The van der Waals surface area contributed by atoms with Crippen molar-refractivity contribution < 1.29 is 0 Å². The topological polar surface area (TPSA) is 36.7 Å². The maximum absolute atomic E-state index is 9.42. The molecule has 3 rings (SSSR count). The summed E-state index contributed by atoms with van der Waals surface area (Å²) in [5, 5.41) is 12.7. The first-order chi connectivity index (χ1) is 10.8. The van der Waals surface area contributed by atoms with Gasteiger partial charge in [-0.1, -0.05) is 60.1 Å². The Balaban J connectivity index is 1.98. The van der Waals surface area contributed by atoms with Crippen LogP contribution in [0.15, 0.2) is 60.0 Å². The first-order valence-corrected chi connectivity index (χ1v) is 7.91. The zero-order chi connectivity index (χ0) is 15.4. The van der Waals surface area contributed by atoms with E-state index < -0.39 is 0 Å². The van der Waals surface area contributed by atoms with Gasteiger partial charge in [0, 0.05) is 16.0 Å². The van der Waals surface area contributed by atoms with Gasteiger partial charge >= 0.3 is 0 Å². The molecule has 0 aliphatic rings. The summed E-state index contributed by atoms with van der Waals surface area (Å²) in [6, 6.07) is 19.6. The van der Waals surface area contributed by atoms with Crippen molar-refractivity contribution in [1.29, 1.82) is 5.26 Å². The Hall–Kier alpha value is -2.41. The third-order valence-electron chi connectivity index (χ3n) is 3.13. The lowest BCUT2D eigenvalue weighted by Crippen LogP contribution is -1.83. The standard InChI is InChI=1S/C18H11ClN2S/c19-16-9-5-4-8-14(16)10-15(11-20)18-21-17(12-22-18)13-6-2-1-3-7-13/h1-10,12H. The van der Waals surface area contributed by atoms with Crippen LogP contribution in [-0.2, 0) is 0 Å². The number of halogens is 1. The molecule has 0 N–H and O–H groups in total. The molecule has 0 saturated heterocycles. The molecule has 0 amide bonds. The molecule has 0 aliphatic heterocycles. The summed E-state index contributed by atoms with van der Waals surface area (Å²) in [6.07, 6.45) is 1.77. The number of rotatable bonds is 3. The molecular formula is C18H11ClN2S. The highest BCUT2D eigenvalue weighted by atomic mass is 35.5. The number of hydrogen-bond donors (Lipinski definition) is 0. The van der Waals surface area contributed by atoms with E-state index in [4.69, 9.17) is 11.6 Å². The van der Waals surface area contributed by atoms with E-state index >= 15 is 0 Å². The average molecular weight is 323 g/mol. The monoisotopic (exact) mass is 322 g/mol. The number of nitrogens with zero attached hydrogens (tertiary/aromatic N) is 2. The predicted octanol–water partition coefficient (Wildman–Crippen LogP) is 5.53. The molecule has 3 aromatic rings. The van der Waals surface area contributed by atoms with Crippen LogP contribution in [0.5, 0.6) is 0 Å². The minimum Gasteiger partial charge on any atom is -0.235 e. The molecule has 0 fully saturated rings. The fourth-order valence-electron chi connectivity index (χ4n) is 2.03. The summed E-state index contributed by atoms with van der Waals surface area (Å²) < 4.78 is 0. The van der Waals surface area contributed by atoms with Crippen molar-refractivity contribution in [1.82, 2.24) is 4.98 Å². The van der Waals surface area contributed by atoms with E-state index in [0.717, 1.165) is 16.8 Å². The second-order valence-corrected chi connectivity index (χ2v) is 5.86. The van der Waals surface area contributed by atoms with Gasteiger partial charge in [-0.15, -0.1) is 11.3 Å². The summed E-state index contributed by atoms with van der Waals surface area (Å²) in [6.45, 7) is 0. The molecule has 0 unspecified atom stereocenters. The highest BCUT2D eigenvalue weighted by Gasteiger charge is 2.09. The van der Waals surface area contributed by atoms with Crippen LogP contribution >= 0.6 is 22.9 Å². The van der Waals surface area contributed by atoms with Gasteiger partial charge in [-0.05, 0) is 17.7 Å². The summed E-state index contributed by atoms with van der Waals surface area (Å²) in [5.74, 6) is 0.